The summed E-state index contributed by atoms with van der Waals surface area (Å²) in [7, 11) is 1.98. The molecule has 150 valence electrons. The van der Waals surface area contributed by atoms with Crippen molar-refractivity contribution in [3.05, 3.63) is 47.7 Å². The fraction of sp³-hybridized carbons (Fsp3) is 0.474. The Morgan fingerprint density at radius 3 is 2.46 bits per heavy atom. The number of nitrogens with zero attached hydrogens (tertiary/aromatic N) is 4. The van der Waals surface area contributed by atoms with Gasteiger partial charge in [-0.05, 0) is 12.6 Å². The number of aromatic nitrogens is 2. The third-order valence-electron chi connectivity index (χ3n) is 5.46. The zero-order valence-corrected chi connectivity index (χ0v) is 15.5. The van der Waals surface area contributed by atoms with Gasteiger partial charge in [0.05, 0.1) is 12.2 Å². The molecule has 0 unspecified atom stereocenters. The van der Waals surface area contributed by atoms with Gasteiger partial charge >= 0.3 is 6.18 Å². The second-order valence-electron chi connectivity index (χ2n) is 7.35. The Kier molecular flexibility index (Phi) is 4.78. The number of alkyl halides is 3. The summed E-state index contributed by atoms with van der Waals surface area (Å²) in [6.45, 7) is 2.57. The number of hydrogen-bond acceptors (Lipinski definition) is 4. The van der Waals surface area contributed by atoms with Crippen LogP contribution >= 0.6 is 0 Å². The van der Waals surface area contributed by atoms with Gasteiger partial charge in [0.15, 0.2) is 6.04 Å². The van der Waals surface area contributed by atoms with Crippen molar-refractivity contribution in [1.82, 2.24) is 19.6 Å². The average molecular weight is 393 g/mol. The van der Waals surface area contributed by atoms with E-state index in [9.17, 15) is 18.0 Å². The second-order valence-corrected chi connectivity index (χ2v) is 7.35. The van der Waals surface area contributed by atoms with Crippen LogP contribution in [0.4, 0.5) is 19.0 Å². The maximum Gasteiger partial charge on any atom is 0.410 e. The van der Waals surface area contributed by atoms with Crippen LogP contribution in [-0.4, -0.2) is 64.9 Å². The molecule has 0 spiro atoms. The molecule has 2 atom stereocenters. The van der Waals surface area contributed by atoms with E-state index in [2.05, 4.69) is 15.3 Å². The number of amides is 1. The first kappa shape index (κ1) is 18.8. The number of halogens is 3. The molecular weight excluding hydrogens is 371 g/mol. The van der Waals surface area contributed by atoms with Gasteiger partial charge in [-0.15, -0.1) is 0 Å². The van der Waals surface area contributed by atoms with Crippen molar-refractivity contribution in [2.45, 2.75) is 24.7 Å². The molecule has 3 heterocycles. The van der Waals surface area contributed by atoms with Gasteiger partial charge in [0.1, 0.15) is 11.4 Å². The molecule has 2 aliphatic rings. The van der Waals surface area contributed by atoms with Crippen LogP contribution in [0, 0.1) is 0 Å². The summed E-state index contributed by atoms with van der Waals surface area (Å²) >= 11 is 0. The van der Waals surface area contributed by atoms with Crippen LogP contribution in [0.25, 0.3) is 0 Å². The minimum absolute atomic E-state index is 0.145. The smallest absolute Gasteiger partial charge is 0.363 e. The number of rotatable bonds is 2. The van der Waals surface area contributed by atoms with E-state index >= 15 is 0 Å². The van der Waals surface area contributed by atoms with Gasteiger partial charge in [-0.3, -0.25) is 4.79 Å². The normalized spacial score (nSPS) is 23.2. The number of anilines is 1. The predicted octanol–water partition coefficient (Wildman–Crippen LogP) is 2.93. The van der Waals surface area contributed by atoms with Crippen LogP contribution in [0.1, 0.15) is 34.4 Å². The quantitative estimate of drug-likeness (QED) is 0.853. The first-order valence-electron chi connectivity index (χ1n) is 9.28. The van der Waals surface area contributed by atoms with E-state index in [1.165, 1.54) is 6.20 Å². The molecule has 28 heavy (non-hydrogen) atoms. The minimum atomic E-state index is -4.45. The summed E-state index contributed by atoms with van der Waals surface area (Å²) in [5.74, 6) is -0.136. The van der Waals surface area contributed by atoms with Crippen molar-refractivity contribution in [3.63, 3.8) is 0 Å². The molecule has 0 aliphatic carbocycles. The van der Waals surface area contributed by atoms with Crippen molar-refractivity contribution in [1.29, 1.82) is 0 Å². The molecule has 1 fully saturated rings. The SMILES string of the molecule is CN1CCN(C(=O)c2cnn3c2N[C@@H](c2ccccc2)C[C@H]3C(F)(F)F)CC1. The van der Waals surface area contributed by atoms with E-state index in [1.807, 2.05) is 13.1 Å². The van der Waals surface area contributed by atoms with Crippen molar-refractivity contribution in [2.75, 3.05) is 38.5 Å². The first-order chi connectivity index (χ1) is 13.3. The molecule has 0 bridgehead atoms. The Morgan fingerprint density at radius 2 is 1.82 bits per heavy atom. The van der Waals surface area contributed by atoms with Crippen molar-refractivity contribution >= 4 is 11.7 Å². The molecule has 6 nitrogen and oxygen atoms in total. The number of piperazine rings is 1. The van der Waals surface area contributed by atoms with Gasteiger partial charge in [-0.1, -0.05) is 30.3 Å². The van der Waals surface area contributed by atoms with E-state index in [4.69, 9.17) is 0 Å². The lowest BCUT2D eigenvalue weighted by atomic mass is 9.96. The highest BCUT2D eigenvalue weighted by Crippen LogP contribution is 2.44. The van der Waals surface area contributed by atoms with Crippen LogP contribution in [0.5, 0.6) is 0 Å². The molecule has 2 aliphatic heterocycles. The summed E-state index contributed by atoms with van der Waals surface area (Å²) in [6, 6.07) is 6.67. The number of likely N-dealkylation sites (N-methyl/N-ethyl adjacent to an activating group) is 1. The highest BCUT2D eigenvalue weighted by atomic mass is 19.4. The Labute approximate surface area is 160 Å². The third kappa shape index (κ3) is 3.46. The van der Waals surface area contributed by atoms with Crippen LogP contribution in [0.15, 0.2) is 36.5 Å². The van der Waals surface area contributed by atoms with E-state index in [0.29, 0.717) is 13.1 Å². The molecule has 1 saturated heterocycles. The maximum absolute atomic E-state index is 13.7. The lowest BCUT2D eigenvalue weighted by molar-refractivity contribution is -0.173. The fourth-order valence-corrected chi connectivity index (χ4v) is 3.80. The summed E-state index contributed by atoms with van der Waals surface area (Å²) in [4.78, 5) is 16.8. The molecule has 1 aromatic heterocycles. The van der Waals surface area contributed by atoms with Gasteiger partial charge in [-0.2, -0.15) is 18.3 Å². The van der Waals surface area contributed by atoms with Gasteiger partial charge in [0, 0.05) is 32.6 Å². The molecule has 4 rings (SSSR count). The number of carbonyl (C=O) groups excluding carboxylic acids is 1. The molecule has 9 heteroatoms. The molecule has 2 aromatic rings. The summed E-state index contributed by atoms with van der Waals surface area (Å²) in [5.41, 5.74) is 0.946. The Bertz CT molecular complexity index is 843. The van der Waals surface area contributed by atoms with Crippen molar-refractivity contribution in [3.8, 4) is 0 Å². The second kappa shape index (κ2) is 7.12. The standard InChI is InChI=1S/C19H22F3N5O/c1-25-7-9-26(10-8-25)18(28)14-12-23-27-16(19(20,21)22)11-15(24-17(14)27)13-5-3-2-4-6-13/h2-6,12,15-16,24H,7-11H2,1H3/t15-,16+/m1/s1. The summed E-state index contributed by atoms with van der Waals surface area (Å²) in [5, 5.41) is 7.08. The molecule has 1 N–H and O–H groups in total. The van der Waals surface area contributed by atoms with Crippen LogP contribution < -0.4 is 5.32 Å². The number of nitrogens with one attached hydrogen (secondary N) is 1. The molecule has 0 saturated carbocycles. The summed E-state index contributed by atoms with van der Waals surface area (Å²) < 4.78 is 42.1. The largest absolute Gasteiger partial charge is 0.410 e. The number of hydrogen-bond donors (Lipinski definition) is 1. The fourth-order valence-electron chi connectivity index (χ4n) is 3.80. The minimum Gasteiger partial charge on any atom is -0.363 e. The molecule has 0 radical (unpaired) electrons. The summed E-state index contributed by atoms with van der Waals surface area (Å²) in [6.07, 6.45) is -3.37. The number of benzene rings is 1. The Morgan fingerprint density at radius 1 is 1.14 bits per heavy atom. The molecular formula is C19H22F3N5O. The maximum atomic E-state index is 13.7. The lowest BCUT2D eigenvalue weighted by Crippen LogP contribution is -2.47. The van der Waals surface area contributed by atoms with Gasteiger partial charge in [-0.25, -0.2) is 4.68 Å². The zero-order valence-electron chi connectivity index (χ0n) is 15.5. The Hall–Kier alpha value is -2.55. The number of fused-ring (bicyclic) bond motifs is 1. The molecule has 1 amide bonds. The van der Waals surface area contributed by atoms with Crippen molar-refractivity contribution in [2.24, 2.45) is 0 Å². The van der Waals surface area contributed by atoms with E-state index in [1.54, 1.807) is 29.2 Å². The zero-order chi connectivity index (χ0) is 19.9. The van der Waals surface area contributed by atoms with E-state index in [-0.39, 0.29) is 23.7 Å². The Balaban J connectivity index is 1.68. The van der Waals surface area contributed by atoms with Crippen LogP contribution in [-0.2, 0) is 0 Å². The van der Waals surface area contributed by atoms with Crippen LogP contribution in [0.3, 0.4) is 0 Å². The predicted molar refractivity (Wildman–Crippen MR) is 98.1 cm³/mol. The van der Waals surface area contributed by atoms with Gasteiger partial charge < -0.3 is 15.1 Å². The first-order valence-corrected chi connectivity index (χ1v) is 9.28. The van der Waals surface area contributed by atoms with E-state index < -0.39 is 18.3 Å². The van der Waals surface area contributed by atoms with E-state index in [0.717, 1.165) is 23.3 Å². The van der Waals surface area contributed by atoms with Gasteiger partial charge in [0.2, 0.25) is 0 Å². The topological polar surface area (TPSA) is 53.4 Å². The third-order valence-corrected chi connectivity index (χ3v) is 5.46. The lowest BCUT2D eigenvalue weighted by Gasteiger charge is -2.35. The number of carbonyl (C=O) groups is 1. The highest BCUT2D eigenvalue weighted by Gasteiger charge is 2.47. The van der Waals surface area contributed by atoms with Crippen LogP contribution in [0.2, 0.25) is 0 Å². The highest BCUT2D eigenvalue weighted by molar-refractivity contribution is 5.99. The van der Waals surface area contributed by atoms with Crippen molar-refractivity contribution < 1.29 is 18.0 Å². The molecule has 1 aromatic carbocycles. The van der Waals surface area contributed by atoms with Gasteiger partial charge in [0.25, 0.3) is 5.91 Å². The average Bonchev–Trinajstić information content (AvgIpc) is 3.11. The monoisotopic (exact) mass is 393 g/mol.